The fourth-order valence-corrected chi connectivity index (χ4v) is 4.17. The van der Waals surface area contributed by atoms with Crippen LogP contribution in [0.25, 0.3) is 22.2 Å². The summed E-state index contributed by atoms with van der Waals surface area (Å²) in [5.41, 5.74) is 9.27. The number of hydrogen-bond acceptors (Lipinski definition) is 5. The van der Waals surface area contributed by atoms with Gasteiger partial charge in [-0.3, -0.25) is 4.79 Å². The van der Waals surface area contributed by atoms with Gasteiger partial charge in [0.1, 0.15) is 5.75 Å². The van der Waals surface area contributed by atoms with Crippen molar-refractivity contribution in [2.24, 2.45) is 12.8 Å². The van der Waals surface area contributed by atoms with E-state index in [1.165, 1.54) is 0 Å². The van der Waals surface area contributed by atoms with Crippen LogP contribution in [0.3, 0.4) is 0 Å². The summed E-state index contributed by atoms with van der Waals surface area (Å²) in [4.78, 5) is 26.4. The van der Waals surface area contributed by atoms with Gasteiger partial charge in [-0.05, 0) is 43.0 Å². The van der Waals surface area contributed by atoms with Crippen molar-refractivity contribution in [3.05, 3.63) is 50.9 Å². The number of carboxylic acid groups (broad SMARTS) is 1. The fraction of sp³-hybridized carbons (Fsp3) is 0.333. The molecule has 0 saturated carbocycles. The molecule has 0 aliphatic heterocycles. The average Bonchev–Trinajstić information content (AvgIpc) is 2.86. The molecule has 0 unspecified atom stereocenters. The van der Waals surface area contributed by atoms with Crippen LogP contribution in [-0.4, -0.2) is 38.8 Å². The van der Waals surface area contributed by atoms with Crippen molar-refractivity contribution in [1.82, 2.24) is 14.9 Å². The molecule has 29 heavy (non-hydrogen) atoms. The molecule has 0 atom stereocenters. The lowest BCUT2D eigenvalue weighted by atomic mass is 9.98. The number of aromatic nitrogens is 2. The van der Waals surface area contributed by atoms with Crippen LogP contribution >= 0.6 is 0 Å². The standard InChI is InChI=1S/C21H24N4O4/c1-25-13(10-23-6-5-22)7-12-8-15-11(9-16(12)25)3-2-4-14-18(15)24-20(27)17(19(14)26)21(28)29/h7-9,23H,2-6,10,22H2,1H3,(H,28,29)(H2,24,26,27). The Morgan fingerprint density at radius 2 is 2.10 bits per heavy atom. The highest BCUT2D eigenvalue weighted by molar-refractivity contribution is 5.93. The second-order valence-corrected chi connectivity index (χ2v) is 7.42. The zero-order valence-electron chi connectivity index (χ0n) is 16.2. The van der Waals surface area contributed by atoms with Gasteiger partial charge < -0.3 is 30.8 Å². The van der Waals surface area contributed by atoms with Crippen LogP contribution in [0.5, 0.6) is 5.75 Å². The highest BCUT2D eigenvalue weighted by Gasteiger charge is 2.26. The molecule has 0 saturated heterocycles. The first kappa shape index (κ1) is 19.2. The predicted molar refractivity (Wildman–Crippen MR) is 110 cm³/mol. The number of benzene rings is 1. The van der Waals surface area contributed by atoms with Crippen molar-refractivity contribution >= 4 is 16.9 Å². The maximum atomic E-state index is 12.3. The van der Waals surface area contributed by atoms with E-state index in [0.717, 1.165) is 47.1 Å². The number of aromatic carboxylic acids is 1. The van der Waals surface area contributed by atoms with E-state index in [9.17, 15) is 19.8 Å². The second kappa shape index (κ2) is 7.38. The Balaban J connectivity index is 1.89. The lowest BCUT2D eigenvalue weighted by Gasteiger charge is -2.13. The number of nitrogens with two attached hydrogens (primary N) is 1. The fourth-order valence-electron chi connectivity index (χ4n) is 4.17. The molecule has 8 nitrogen and oxygen atoms in total. The molecule has 2 heterocycles. The van der Waals surface area contributed by atoms with E-state index in [0.29, 0.717) is 30.8 Å². The molecule has 3 aromatic rings. The molecular formula is C21H24N4O4. The molecule has 0 radical (unpaired) electrons. The molecule has 1 aliphatic rings. The van der Waals surface area contributed by atoms with Crippen LogP contribution in [-0.2, 0) is 26.4 Å². The number of nitrogens with zero attached hydrogens (tertiary/aromatic N) is 1. The first-order chi connectivity index (χ1) is 13.9. The summed E-state index contributed by atoms with van der Waals surface area (Å²) < 4.78 is 2.14. The van der Waals surface area contributed by atoms with Crippen LogP contribution in [0.2, 0.25) is 0 Å². The van der Waals surface area contributed by atoms with Gasteiger partial charge in [0.2, 0.25) is 0 Å². The van der Waals surface area contributed by atoms with Crippen molar-refractivity contribution in [2.75, 3.05) is 13.1 Å². The molecular weight excluding hydrogens is 372 g/mol. The van der Waals surface area contributed by atoms with Crippen LogP contribution in [0.4, 0.5) is 0 Å². The summed E-state index contributed by atoms with van der Waals surface area (Å²) in [6.07, 6.45) is 2.02. The lowest BCUT2D eigenvalue weighted by Crippen LogP contribution is -2.22. The minimum Gasteiger partial charge on any atom is -0.506 e. The molecule has 4 rings (SSSR count). The summed E-state index contributed by atoms with van der Waals surface area (Å²) in [5, 5.41) is 24.1. The normalized spacial score (nSPS) is 13.2. The lowest BCUT2D eigenvalue weighted by molar-refractivity contribution is 0.0691. The molecule has 0 spiro atoms. The number of aryl methyl sites for hydroxylation is 2. The molecule has 152 valence electrons. The molecule has 6 N–H and O–H groups in total. The molecule has 2 aromatic heterocycles. The van der Waals surface area contributed by atoms with E-state index in [2.05, 4.69) is 27.0 Å². The van der Waals surface area contributed by atoms with Gasteiger partial charge in [0, 0.05) is 54.4 Å². The van der Waals surface area contributed by atoms with Gasteiger partial charge in [-0.1, -0.05) is 0 Å². The first-order valence-electron chi connectivity index (χ1n) is 9.66. The van der Waals surface area contributed by atoms with Gasteiger partial charge in [-0.15, -0.1) is 0 Å². The molecule has 1 aliphatic carbocycles. The Kier molecular flexibility index (Phi) is 4.89. The van der Waals surface area contributed by atoms with E-state index >= 15 is 0 Å². The summed E-state index contributed by atoms with van der Waals surface area (Å²) in [5.74, 6) is -1.85. The predicted octanol–water partition coefficient (Wildman–Crippen LogP) is 1.47. The van der Waals surface area contributed by atoms with Gasteiger partial charge in [0.15, 0.2) is 5.56 Å². The third-order valence-corrected chi connectivity index (χ3v) is 5.64. The van der Waals surface area contributed by atoms with E-state index in [1.54, 1.807) is 0 Å². The Hall–Kier alpha value is -3.10. The smallest absolute Gasteiger partial charge is 0.345 e. The number of hydrogen-bond donors (Lipinski definition) is 5. The Labute approximate surface area is 167 Å². The number of pyridine rings is 1. The Morgan fingerprint density at radius 1 is 1.31 bits per heavy atom. The van der Waals surface area contributed by atoms with Crippen LogP contribution in [0.15, 0.2) is 23.0 Å². The molecule has 1 aromatic carbocycles. The molecule has 0 fully saturated rings. The monoisotopic (exact) mass is 396 g/mol. The minimum absolute atomic E-state index is 0.427. The number of nitrogens with one attached hydrogen (secondary N) is 2. The summed E-state index contributed by atoms with van der Waals surface area (Å²) in [6, 6.07) is 6.22. The third kappa shape index (κ3) is 3.20. The molecule has 0 bridgehead atoms. The Morgan fingerprint density at radius 3 is 2.83 bits per heavy atom. The van der Waals surface area contributed by atoms with Crippen molar-refractivity contribution in [3.63, 3.8) is 0 Å². The van der Waals surface area contributed by atoms with Gasteiger partial charge in [-0.25, -0.2) is 4.79 Å². The second-order valence-electron chi connectivity index (χ2n) is 7.42. The third-order valence-electron chi connectivity index (χ3n) is 5.64. The van der Waals surface area contributed by atoms with Crippen molar-refractivity contribution in [1.29, 1.82) is 0 Å². The van der Waals surface area contributed by atoms with Crippen LogP contribution < -0.4 is 16.6 Å². The summed E-state index contributed by atoms with van der Waals surface area (Å²) >= 11 is 0. The van der Waals surface area contributed by atoms with E-state index in [4.69, 9.17) is 5.73 Å². The number of rotatable bonds is 5. The molecule has 0 amide bonds. The summed E-state index contributed by atoms with van der Waals surface area (Å²) in [6.45, 7) is 2.01. The number of H-pyrrole nitrogens is 1. The highest BCUT2D eigenvalue weighted by Crippen LogP contribution is 2.38. The largest absolute Gasteiger partial charge is 0.506 e. The van der Waals surface area contributed by atoms with E-state index in [-0.39, 0.29) is 0 Å². The van der Waals surface area contributed by atoms with Gasteiger partial charge in [0.05, 0.1) is 5.69 Å². The van der Waals surface area contributed by atoms with Crippen molar-refractivity contribution in [3.8, 4) is 17.0 Å². The summed E-state index contributed by atoms with van der Waals surface area (Å²) in [7, 11) is 2.02. The van der Waals surface area contributed by atoms with Crippen LogP contribution in [0, 0.1) is 0 Å². The van der Waals surface area contributed by atoms with Crippen molar-refractivity contribution in [2.45, 2.75) is 25.8 Å². The maximum absolute atomic E-state index is 12.3. The number of aromatic amines is 1. The topological polar surface area (TPSA) is 133 Å². The minimum atomic E-state index is -1.43. The van der Waals surface area contributed by atoms with Crippen LogP contribution in [0.1, 0.15) is 33.6 Å². The first-order valence-corrected chi connectivity index (χ1v) is 9.66. The SMILES string of the molecule is Cn1c(CNCCN)cc2cc3c(cc21)CCCc1c-3[nH]c(=O)c(C(=O)O)c1O. The highest BCUT2D eigenvalue weighted by atomic mass is 16.4. The van der Waals surface area contributed by atoms with E-state index in [1.807, 2.05) is 13.1 Å². The zero-order chi connectivity index (χ0) is 20.7. The molecule has 8 heteroatoms. The van der Waals surface area contributed by atoms with Gasteiger partial charge in [0.25, 0.3) is 5.56 Å². The van der Waals surface area contributed by atoms with Crippen molar-refractivity contribution < 1.29 is 15.0 Å². The number of carboxylic acids is 1. The Bertz CT molecular complexity index is 1180. The average molecular weight is 396 g/mol. The van der Waals surface area contributed by atoms with E-state index < -0.39 is 22.8 Å². The number of fused-ring (bicyclic) bond motifs is 4. The van der Waals surface area contributed by atoms with Gasteiger partial charge >= 0.3 is 5.97 Å². The quantitative estimate of drug-likeness (QED) is 0.415. The number of carbonyl (C=O) groups is 1. The number of aromatic hydroxyl groups is 1. The van der Waals surface area contributed by atoms with Gasteiger partial charge in [-0.2, -0.15) is 0 Å². The maximum Gasteiger partial charge on any atom is 0.345 e. The zero-order valence-corrected chi connectivity index (χ0v) is 16.2.